The lowest BCUT2D eigenvalue weighted by Crippen LogP contribution is -2.40. The number of benzene rings is 3. The summed E-state index contributed by atoms with van der Waals surface area (Å²) in [4.78, 5) is 35.0. The summed E-state index contributed by atoms with van der Waals surface area (Å²) in [5.74, 6) is -0.274. The maximum atomic E-state index is 13.9. The smallest absolute Gasteiger partial charge is 0.271 e. The zero-order chi connectivity index (χ0) is 26.8. The summed E-state index contributed by atoms with van der Waals surface area (Å²) in [5.41, 5.74) is 4.51. The molecule has 1 fully saturated rings. The molecule has 196 valence electrons. The molecule has 39 heavy (non-hydrogen) atoms. The maximum Gasteiger partial charge on any atom is 0.271 e. The highest BCUT2D eigenvalue weighted by molar-refractivity contribution is 7.07. The van der Waals surface area contributed by atoms with Crippen molar-refractivity contribution in [2.75, 3.05) is 36.5 Å². The second kappa shape index (κ2) is 10.8. The summed E-state index contributed by atoms with van der Waals surface area (Å²) in [6, 6.07) is 26.6. The van der Waals surface area contributed by atoms with Crippen LogP contribution in [0.15, 0.2) is 106 Å². The van der Waals surface area contributed by atoms with Gasteiger partial charge in [0.1, 0.15) is 0 Å². The van der Waals surface area contributed by atoms with E-state index in [0.717, 1.165) is 43.1 Å². The maximum absolute atomic E-state index is 13.9. The van der Waals surface area contributed by atoms with Gasteiger partial charge in [-0.2, -0.15) is 0 Å². The molecule has 1 saturated heterocycles. The van der Waals surface area contributed by atoms with Crippen LogP contribution in [0.1, 0.15) is 24.1 Å². The molecule has 1 aromatic heterocycles. The van der Waals surface area contributed by atoms with Crippen molar-refractivity contribution in [1.82, 2.24) is 4.57 Å². The highest BCUT2D eigenvalue weighted by Gasteiger charge is 2.32. The van der Waals surface area contributed by atoms with Crippen LogP contribution in [-0.2, 0) is 9.53 Å². The van der Waals surface area contributed by atoms with Crippen molar-refractivity contribution in [2.24, 2.45) is 4.99 Å². The summed E-state index contributed by atoms with van der Waals surface area (Å²) in [6.45, 7) is 5.04. The van der Waals surface area contributed by atoms with Crippen LogP contribution in [0.2, 0.25) is 0 Å². The lowest BCUT2D eigenvalue weighted by atomic mass is 9.95. The molecule has 4 aromatic rings. The molecule has 3 aromatic carbocycles. The number of amides is 1. The van der Waals surface area contributed by atoms with Crippen LogP contribution in [0.3, 0.4) is 0 Å². The second-order valence-electron chi connectivity index (χ2n) is 9.50. The third-order valence-corrected chi connectivity index (χ3v) is 7.96. The highest BCUT2D eigenvalue weighted by Crippen LogP contribution is 2.30. The van der Waals surface area contributed by atoms with Crippen molar-refractivity contribution < 1.29 is 9.53 Å². The van der Waals surface area contributed by atoms with E-state index in [2.05, 4.69) is 22.3 Å². The number of rotatable bonds is 5. The normalized spacial score (nSPS) is 17.5. The number of hydrogen-bond donors (Lipinski definition) is 1. The number of anilines is 2. The molecule has 8 heteroatoms. The summed E-state index contributed by atoms with van der Waals surface area (Å²) >= 11 is 1.34. The van der Waals surface area contributed by atoms with Gasteiger partial charge in [0.15, 0.2) is 4.80 Å². The number of nitrogens with one attached hydrogen (secondary N) is 1. The van der Waals surface area contributed by atoms with Crippen molar-refractivity contribution in [3.8, 4) is 0 Å². The predicted octanol–water partition coefficient (Wildman–Crippen LogP) is 3.71. The Hall–Kier alpha value is -4.27. The van der Waals surface area contributed by atoms with E-state index in [0.29, 0.717) is 26.3 Å². The van der Waals surface area contributed by atoms with Crippen LogP contribution >= 0.6 is 11.3 Å². The van der Waals surface area contributed by atoms with Crippen molar-refractivity contribution in [3.05, 3.63) is 127 Å². The van der Waals surface area contributed by atoms with Gasteiger partial charge in [0, 0.05) is 24.5 Å². The first-order chi connectivity index (χ1) is 19.1. The molecule has 0 spiro atoms. The monoisotopic (exact) mass is 536 g/mol. The molecular formula is C31H28N4O3S. The fraction of sp³-hybridized carbons (Fsp3) is 0.194. The lowest BCUT2D eigenvalue weighted by molar-refractivity contribution is -0.113. The van der Waals surface area contributed by atoms with Crippen LogP contribution in [0, 0.1) is 0 Å². The van der Waals surface area contributed by atoms with Crippen LogP contribution in [0.25, 0.3) is 6.08 Å². The Morgan fingerprint density at radius 3 is 2.33 bits per heavy atom. The Balaban J connectivity index is 1.40. The number of carbonyl (C=O) groups excluding carboxylic acids is 1. The Labute approximate surface area is 230 Å². The summed E-state index contributed by atoms with van der Waals surface area (Å²) in [5, 5.41) is 2.98. The number of carbonyl (C=O) groups is 1. The van der Waals surface area contributed by atoms with Crippen LogP contribution < -0.4 is 25.1 Å². The molecule has 1 N–H and O–H groups in total. The SMILES string of the molecule is CC1=C(C(=O)Nc2ccccc2)[C@H](c2ccccc2)n2c(s/c(=C/c3ccc(N4CCOCC4)cc3)c2=O)=N1. The van der Waals surface area contributed by atoms with E-state index in [1.54, 1.807) is 4.57 Å². The van der Waals surface area contributed by atoms with E-state index < -0.39 is 6.04 Å². The number of nitrogens with zero attached hydrogens (tertiary/aromatic N) is 3. The second-order valence-corrected chi connectivity index (χ2v) is 10.5. The van der Waals surface area contributed by atoms with E-state index in [-0.39, 0.29) is 11.5 Å². The molecule has 0 saturated carbocycles. The largest absolute Gasteiger partial charge is 0.378 e. The fourth-order valence-electron chi connectivity index (χ4n) is 5.04. The fourth-order valence-corrected chi connectivity index (χ4v) is 6.08. The van der Waals surface area contributed by atoms with Gasteiger partial charge in [-0.05, 0) is 48.4 Å². The molecule has 2 aliphatic rings. The molecule has 7 nitrogen and oxygen atoms in total. The van der Waals surface area contributed by atoms with E-state index in [4.69, 9.17) is 9.73 Å². The van der Waals surface area contributed by atoms with Crippen molar-refractivity contribution in [1.29, 1.82) is 0 Å². The zero-order valence-corrected chi connectivity index (χ0v) is 22.4. The van der Waals surface area contributed by atoms with Gasteiger partial charge < -0.3 is 15.0 Å². The number of ether oxygens (including phenoxy) is 1. The molecule has 0 unspecified atom stereocenters. The summed E-state index contributed by atoms with van der Waals surface area (Å²) in [7, 11) is 0. The number of aromatic nitrogens is 1. The third kappa shape index (κ3) is 5.08. The van der Waals surface area contributed by atoms with Gasteiger partial charge in [0.25, 0.3) is 11.5 Å². The minimum atomic E-state index is -0.586. The highest BCUT2D eigenvalue weighted by atomic mass is 32.1. The van der Waals surface area contributed by atoms with E-state index in [1.807, 2.05) is 85.8 Å². The summed E-state index contributed by atoms with van der Waals surface area (Å²) < 4.78 is 7.69. The van der Waals surface area contributed by atoms with Crippen LogP contribution in [0.5, 0.6) is 0 Å². The molecule has 1 amide bonds. The zero-order valence-electron chi connectivity index (χ0n) is 21.5. The molecule has 1 atom stereocenters. The first kappa shape index (κ1) is 25.0. The Morgan fingerprint density at radius 2 is 1.64 bits per heavy atom. The van der Waals surface area contributed by atoms with E-state index in [1.165, 1.54) is 11.3 Å². The molecular weight excluding hydrogens is 508 g/mol. The molecule has 0 bridgehead atoms. The number of allylic oxidation sites excluding steroid dienone is 1. The molecule has 2 aliphatic heterocycles. The summed E-state index contributed by atoms with van der Waals surface area (Å²) in [6.07, 6.45) is 1.90. The molecule has 0 aliphatic carbocycles. The van der Waals surface area contributed by atoms with Crippen LogP contribution in [-0.4, -0.2) is 36.8 Å². The molecule has 6 rings (SSSR count). The number of fused-ring (bicyclic) bond motifs is 1. The standard InChI is InChI=1S/C31H28N4O3S/c1-21-27(29(36)33-24-10-6-3-7-11-24)28(23-8-4-2-5-9-23)35-30(37)26(39-31(35)32-21)20-22-12-14-25(15-13-22)34-16-18-38-19-17-34/h2-15,20,28H,16-19H2,1H3,(H,33,36)/b26-20+/t28-/m0/s1. The minimum Gasteiger partial charge on any atom is -0.378 e. The number of hydrogen-bond acceptors (Lipinski definition) is 6. The Kier molecular flexibility index (Phi) is 6.96. The van der Waals surface area contributed by atoms with Crippen molar-refractivity contribution >= 4 is 34.7 Å². The first-order valence-electron chi connectivity index (χ1n) is 12.9. The predicted molar refractivity (Wildman–Crippen MR) is 155 cm³/mol. The van der Waals surface area contributed by atoms with Gasteiger partial charge in [0.2, 0.25) is 0 Å². The first-order valence-corrected chi connectivity index (χ1v) is 13.8. The number of morpholine rings is 1. The van der Waals surface area contributed by atoms with Gasteiger partial charge in [-0.15, -0.1) is 0 Å². The van der Waals surface area contributed by atoms with Gasteiger partial charge in [-0.3, -0.25) is 14.2 Å². The Bertz CT molecular complexity index is 1700. The van der Waals surface area contributed by atoms with Gasteiger partial charge >= 0.3 is 0 Å². The minimum absolute atomic E-state index is 0.164. The Morgan fingerprint density at radius 1 is 0.974 bits per heavy atom. The van der Waals surface area contributed by atoms with Gasteiger partial charge in [-0.25, -0.2) is 4.99 Å². The van der Waals surface area contributed by atoms with Crippen molar-refractivity contribution in [3.63, 3.8) is 0 Å². The van der Waals surface area contributed by atoms with Gasteiger partial charge in [-0.1, -0.05) is 72.0 Å². The molecule has 0 radical (unpaired) electrons. The van der Waals surface area contributed by atoms with Gasteiger partial charge in [0.05, 0.1) is 35.1 Å². The van der Waals surface area contributed by atoms with Crippen molar-refractivity contribution in [2.45, 2.75) is 13.0 Å². The topological polar surface area (TPSA) is 75.9 Å². The number of para-hydroxylation sites is 1. The average Bonchev–Trinajstić information content (AvgIpc) is 3.28. The van der Waals surface area contributed by atoms with E-state index >= 15 is 0 Å². The lowest BCUT2D eigenvalue weighted by Gasteiger charge is -2.28. The number of thiazole rings is 1. The quantitative estimate of drug-likeness (QED) is 0.422. The molecule has 3 heterocycles. The third-order valence-electron chi connectivity index (χ3n) is 6.98. The van der Waals surface area contributed by atoms with Crippen LogP contribution in [0.4, 0.5) is 11.4 Å². The average molecular weight is 537 g/mol. The van der Waals surface area contributed by atoms with E-state index in [9.17, 15) is 9.59 Å².